The van der Waals surface area contributed by atoms with Gasteiger partial charge in [-0.15, -0.1) is 5.25 Å². The molecule has 0 heterocycles. The molecule has 190 valence electrons. The van der Waals surface area contributed by atoms with Crippen molar-refractivity contribution in [2.75, 3.05) is 12.8 Å². The van der Waals surface area contributed by atoms with E-state index < -0.39 is 7.52 Å². The average molecular weight is 486 g/mol. The predicted molar refractivity (Wildman–Crippen MR) is 133 cm³/mol. The van der Waals surface area contributed by atoms with Crippen molar-refractivity contribution in [3.05, 3.63) is 35.1 Å². The lowest BCUT2D eigenvalue weighted by Crippen LogP contribution is -2.21. The van der Waals surface area contributed by atoms with Crippen molar-refractivity contribution in [1.82, 2.24) is 5.25 Å². The van der Waals surface area contributed by atoms with Crippen LogP contribution in [-0.2, 0) is 15.7 Å². The standard InChI is InChI=1S/C26H45FNO4P/c1-2-12-22-13-18-25(26(27)21-22)23-14-16-24(17-15-23)32-19-10-8-6-4-3-5-7-9-11-20-33(30,31)28-29/h13,18,21,23-24,29H,2-12,14-17,19-20H2,1H3,(H2,28,30,31). The summed E-state index contributed by atoms with van der Waals surface area (Å²) in [7, 11) is -3.51. The largest absolute Gasteiger partial charge is 0.378 e. The Bertz CT molecular complexity index is 710. The molecular weight excluding hydrogens is 440 g/mol. The van der Waals surface area contributed by atoms with E-state index in [4.69, 9.17) is 9.94 Å². The molecular formula is C26H45FNO4P. The van der Waals surface area contributed by atoms with Gasteiger partial charge in [0.2, 0.25) is 0 Å². The second-order valence-electron chi connectivity index (χ2n) is 9.66. The molecule has 1 aromatic rings. The van der Waals surface area contributed by atoms with Gasteiger partial charge in [-0.05, 0) is 68.1 Å². The summed E-state index contributed by atoms with van der Waals surface area (Å²) >= 11 is 0. The molecule has 7 heteroatoms. The Kier molecular flexibility index (Phi) is 13.8. The summed E-state index contributed by atoms with van der Waals surface area (Å²) in [6, 6.07) is 5.83. The molecule has 0 amide bonds. The van der Waals surface area contributed by atoms with Crippen molar-refractivity contribution in [3.8, 4) is 0 Å². The lowest BCUT2D eigenvalue weighted by atomic mass is 9.82. The maximum Gasteiger partial charge on any atom is 0.289 e. The van der Waals surface area contributed by atoms with Gasteiger partial charge in [-0.25, -0.2) is 4.39 Å². The molecule has 0 aromatic heterocycles. The molecule has 1 aliphatic carbocycles. The first-order chi connectivity index (χ1) is 15.9. The number of rotatable bonds is 17. The Hall–Kier alpha value is -0.780. The molecule has 5 nitrogen and oxygen atoms in total. The van der Waals surface area contributed by atoms with Crippen LogP contribution in [0.1, 0.15) is 114 Å². The Balaban J connectivity index is 1.44. The first-order valence-electron chi connectivity index (χ1n) is 13.1. The fourth-order valence-electron chi connectivity index (χ4n) is 4.85. The lowest BCUT2D eigenvalue weighted by Gasteiger charge is -2.29. The van der Waals surface area contributed by atoms with E-state index in [1.54, 1.807) is 6.07 Å². The van der Waals surface area contributed by atoms with E-state index in [2.05, 4.69) is 13.0 Å². The number of hydrogen-bond donors (Lipinski definition) is 3. The second-order valence-corrected chi connectivity index (χ2v) is 11.7. The van der Waals surface area contributed by atoms with Gasteiger partial charge in [0.05, 0.1) is 6.10 Å². The van der Waals surface area contributed by atoms with E-state index in [9.17, 15) is 13.8 Å². The van der Waals surface area contributed by atoms with Gasteiger partial charge < -0.3 is 14.8 Å². The van der Waals surface area contributed by atoms with Crippen molar-refractivity contribution in [1.29, 1.82) is 0 Å². The summed E-state index contributed by atoms with van der Waals surface area (Å²) in [5, 5.41) is 10.0. The van der Waals surface area contributed by atoms with Crippen molar-refractivity contribution in [3.63, 3.8) is 0 Å². The molecule has 3 N–H and O–H groups in total. The van der Waals surface area contributed by atoms with Gasteiger partial charge in [0.1, 0.15) is 5.82 Å². The highest BCUT2D eigenvalue weighted by molar-refractivity contribution is 7.55. The minimum absolute atomic E-state index is 0.0275. The maximum absolute atomic E-state index is 14.5. The zero-order valence-electron chi connectivity index (χ0n) is 20.4. The number of nitrogens with one attached hydrogen (secondary N) is 1. The number of unbranched alkanes of at least 4 members (excludes halogenated alkanes) is 8. The Labute approximate surface area is 200 Å². The van der Waals surface area contributed by atoms with Gasteiger partial charge in [-0.3, -0.25) is 4.57 Å². The van der Waals surface area contributed by atoms with Crippen LogP contribution in [-0.4, -0.2) is 29.0 Å². The van der Waals surface area contributed by atoms with Crippen molar-refractivity contribution < 1.29 is 23.8 Å². The molecule has 1 aromatic carbocycles. The molecule has 33 heavy (non-hydrogen) atoms. The normalized spacial score (nSPS) is 20.6. The topological polar surface area (TPSA) is 78.8 Å². The fourth-order valence-corrected chi connectivity index (χ4v) is 5.60. The van der Waals surface area contributed by atoms with Crippen molar-refractivity contribution >= 4 is 7.52 Å². The van der Waals surface area contributed by atoms with Gasteiger partial charge in [-0.1, -0.05) is 70.4 Å². The third-order valence-corrected chi connectivity index (χ3v) is 8.07. The van der Waals surface area contributed by atoms with Crippen LogP contribution < -0.4 is 5.25 Å². The van der Waals surface area contributed by atoms with E-state index in [-0.39, 0.29) is 12.0 Å². The van der Waals surface area contributed by atoms with Gasteiger partial charge in [0, 0.05) is 12.8 Å². The van der Waals surface area contributed by atoms with Crippen LogP contribution in [0.15, 0.2) is 18.2 Å². The van der Waals surface area contributed by atoms with Gasteiger partial charge in [-0.2, -0.15) is 0 Å². The highest BCUT2D eigenvalue weighted by Crippen LogP contribution is 2.36. The van der Waals surface area contributed by atoms with Gasteiger partial charge in [0.15, 0.2) is 0 Å². The summed E-state index contributed by atoms with van der Waals surface area (Å²) in [6.45, 7) is 2.95. The monoisotopic (exact) mass is 485 g/mol. The minimum atomic E-state index is -3.51. The second kappa shape index (κ2) is 16.0. The molecule has 2 rings (SSSR count). The summed E-state index contributed by atoms with van der Waals surface area (Å²) in [6.07, 6.45) is 16.3. The maximum atomic E-state index is 14.5. The van der Waals surface area contributed by atoms with Crippen LogP contribution in [0, 0.1) is 5.82 Å². The van der Waals surface area contributed by atoms with Crippen molar-refractivity contribution in [2.45, 2.75) is 115 Å². The van der Waals surface area contributed by atoms with Crippen LogP contribution in [0.5, 0.6) is 0 Å². The van der Waals surface area contributed by atoms with Crippen LogP contribution in [0.25, 0.3) is 0 Å². The number of benzene rings is 1. The van der Waals surface area contributed by atoms with E-state index in [0.717, 1.165) is 81.9 Å². The molecule has 0 bridgehead atoms. The van der Waals surface area contributed by atoms with Crippen LogP contribution in [0.2, 0.25) is 0 Å². The third-order valence-electron chi connectivity index (χ3n) is 6.83. The fraction of sp³-hybridized carbons (Fsp3) is 0.769. The molecule has 1 fully saturated rings. The number of ether oxygens (including phenoxy) is 1. The highest BCUT2D eigenvalue weighted by atomic mass is 31.2. The Morgan fingerprint density at radius 2 is 1.61 bits per heavy atom. The van der Waals surface area contributed by atoms with E-state index in [1.807, 2.05) is 6.07 Å². The molecule has 0 spiro atoms. The van der Waals surface area contributed by atoms with Crippen LogP contribution in [0.3, 0.4) is 0 Å². The molecule has 1 unspecified atom stereocenters. The summed E-state index contributed by atoms with van der Waals surface area (Å²) in [4.78, 5) is 9.21. The third kappa shape index (κ3) is 11.5. The first-order valence-corrected chi connectivity index (χ1v) is 14.9. The van der Waals surface area contributed by atoms with Crippen molar-refractivity contribution in [2.24, 2.45) is 0 Å². The zero-order chi connectivity index (χ0) is 23.9. The zero-order valence-corrected chi connectivity index (χ0v) is 21.3. The molecule has 1 aliphatic rings. The van der Waals surface area contributed by atoms with E-state index in [0.29, 0.717) is 18.4 Å². The SMILES string of the molecule is CCCc1ccc(C2CCC(OCCCCCCCCCCCP(=O)(O)NO)CC2)c(F)c1. The molecule has 0 aliphatic heterocycles. The molecule has 0 saturated heterocycles. The van der Waals surface area contributed by atoms with Gasteiger partial charge >= 0.3 is 0 Å². The summed E-state index contributed by atoms with van der Waals surface area (Å²) in [5.74, 6) is 0.306. The first kappa shape index (κ1) is 28.5. The van der Waals surface area contributed by atoms with E-state index in [1.165, 1.54) is 30.9 Å². The average Bonchev–Trinajstić information content (AvgIpc) is 2.80. The summed E-state index contributed by atoms with van der Waals surface area (Å²) < 4.78 is 31.8. The molecule has 1 saturated carbocycles. The minimum Gasteiger partial charge on any atom is -0.378 e. The molecule has 1 atom stereocenters. The number of halogens is 1. The molecule has 0 radical (unpaired) electrons. The van der Waals surface area contributed by atoms with Gasteiger partial charge in [0.25, 0.3) is 7.52 Å². The van der Waals surface area contributed by atoms with E-state index >= 15 is 0 Å². The quantitative estimate of drug-likeness (QED) is 0.121. The van der Waals surface area contributed by atoms with Crippen LogP contribution in [0.4, 0.5) is 4.39 Å². The summed E-state index contributed by atoms with van der Waals surface area (Å²) in [5.41, 5.74) is 1.99. The predicted octanol–water partition coefficient (Wildman–Crippen LogP) is 7.50. The number of aryl methyl sites for hydroxylation is 1. The smallest absolute Gasteiger partial charge is 0.289 e. The van der Waals surface area contributed by atoms with Crippen LogP contribution >= 0.6 is 7.52 Å². The lowest BCUT2D eigenvalue weighted by molar-refractivity contribution is 0.0224. The highest BCUT2D eigenvalue weighted by Gasteiger charge is 2.24. The number of hydrogen-bond acceptors (Lipinski definition) is 3. The Morgan fingerprint density at radius 1 is 1.00 bits per heavy atom. The Morgan fingerprint density at radius 3 is 2.18 bits per heavy atom.